The van der Waals surface area contributed by atoms with Crippen LogP contribution >= 0.6 is 0 Å². The maximum absolute atomic E-state index is 14.4. The average Bonchev–Trinajstić information content (AvgIpc) is 3.03. The number of hydrogen-bond donors (Lipinski definition) is 4. The Morgan fingerprint density at radius 2 is 1.73 bits per heavy atom. The van der Waals surface area contributed by atoms with Crippen LogP contribution in [0.1, 0.15) is 87.5 Å². The molecule has 0 aromatic rings. The zero-order valence-corrected chi connectivity index (χ0v) is 25.3. The van der Waals surface area contributed by atoms with E-state index in [-0.39, 0.29) is 37.1 Å². The molecule has 8 nitrogen and oxygen atoms in total. The molecule has 4 unspecified atom stereocenters. The zero-order valence-electron chi connectivity index (χ0n) is 25.3. The molecule has 0 radical (unpaired) electrons. The lowest BCUT2D eigenvalue weighted by Crippen LogP contribution is -2.66. The number of ether oxygens (including phenoxy) is 1. The van der Waals surface area contributed by atoms with E-state index in [9.17, 15) is 34.8 Å². The molecular weight excluding hydrogens is 512 g/mol. The fraction of sp³-hybridized carbons (Fsp3) is 0.781. The third kappa shape index (κ3) is 4.19. The summed E-state index contributed by atoms with van der Waals surface area (Å²) in [6, 6.07) is 0. The molecule has 0 amide bonds. The highest BCUT2D eigenvalue weighted by molar-refractivity contribution is 5.97. The molecular formula is C32H48O8. The van der Waals surface area contributed by atoms with Gasteiger partial charge in [0.25, 0.3) is 0 Å². The number of carbonyl (C=O) groups is 3. The van der Waals surface area contributed by atoms with Gasteiger partial charge in [-0.05, 0) is 81.3 Å². The Hall–Kier alpha value is -1.87. The standard InChI is InChI=1S/C32H48O8/c1-18(34)40-27(2,3)14-13-24(37)31(8,39)26-21(35)15-29(6)22-11-9-19-20(10-12-23(36)28(19,4)5)32(22,17-33)25(38)16-30(26,29)7/h9,13-14,20-23,26,33,35-36,39H,10-12,15-17H2,1-8H3/t20?,21-,22?,23-,26?,29+,30-,31?,32+/m1/s1. The van der Waals surface area contributed by atoms with Crippen LogP contribution in [0.2, 0.25) is 0 Å². The van der Waals surface area contributed by atoms with E-state index in [1.165, 1.54) is 26.0 Å². The van der Waals surface area contributed by atoms with Gasteiger partial charge in [0, 0.05) is 24.7 Å². The molecule has 40 heavy (non-hydrogen) atoms. The van der Waals surface area contributed by atoms with Gasteiger partial charge in [0.2, 0.25) is 0 Å². The van der Waals surface area contributed by atoms with Crippen molar-refractivity contribution in [1.82, 2.24) is 0 Å². The third-order valence-corrected chi connectivity index (χ3v) is 11.7. The summed E-state index contributed by atoms with van der Waals surface area (Å²) in [7, 11) is 0. The summed E-state index contributed by atoms with van der Waals surface area (Å²) in [5, 5.41) is 45.1. The molecule has 0 aromatic carbocycles. The first kappa shape index (κ1) is 31.1. The van der Waals surface area contributed by atoms with Crippen LogP contribution in [0.5, 0.6) is 0 Å². The summed E-state index contributed by atoms with van der Waals surface area (Å²) >= 11 is 0. The topological polar surface area (TPSA) is 141 Å². The predicted octanol–water partition coefficient (Wildman–Crippen LogP) is 3.29. The van der Waals surface area contributed by atoms with Gasteiger partial charge in [-0.2, -0.15) is 0 Å². The van der Waals surface area contributed by atoms with E-state index in [1.807, 2.05) is 27.7 Å². The summed E-state index contributed by atoms with van der Waals surface area (Å²) in [4.78, 5) is 39.3. The molecule has 0 aliphatic heterocycles. The van der Waals surface area contributed by atoms with Crippen molar-refractivity contribution in [3.8, 4) is 0 Å². The number of ketones is 2. The summed E-state index contributed by atoms with van der Waals surface area (Å²) in [5.41, 5.74) is -5.21. The van der Waals surface area contributed by atoms with Crippen LogP contribution in [-0.4, -0.2) is 68.0 Å². The highest BCUT2D eigenvalue weighted by atomic mass is 16.6. The van der Waals surface area contributed by atoms with Crippen molar-refractivity contribution >= 4 is 17.5 Å². The van der Waals surface area contributed by atoms with Crippen LogP contribution in [0, 0.1) is 39.4 Å². The van der Waals surface area contributed by atoms with Crippen molar-refractivity contribution in [2.24, 2.45) is 39.4 Å². The second kappa shape index (κ2) is 9.58. The number of fused-ring (bicyclic) bond motifs is 5. The molecule has 4 rings (SSSR count). The van der Waals surface area contributed by atoms with E-state index in [0.717, 1.165) is 5.57 Å². The number of esters is 1. The Labute approximate surface area is 237 Å². The summed E-state index contributed by atoms with van der Waals surface area (Å²) in [5.74, 6) is -2.70. The van der Waals surface area contributed by atoms with Gasteiger partial charge >= 0.3 is 5.97 Å². The fourth-order valence-electron chi connectivity index (χ4n) is 9.56. The summed E-state index contributed by atoms with van der Waals surface area (Å²) in [6.07, 6.45) is 5.10. The van der Waals surface area contributed by atoms with Crippen molar-refractivity contribution in [3.63, 3.8) is 0 Å². The minimum Gasteiger partial charge on any atom is -0.456 e. The van der Waals surface area contributed by atoms with Crippen molar-refractivity contribution < 1.29 is 39.5 Å². The van der Waals surface area contributed by atoms with Crippen molar-refractivity contribution in [3.05, 3.63) is 23.8 Å². The highest BCUT2D eigenvalue weighted by Gasteiger charge is 2.75. The molecule has 4 aliphatic rings. The van der Waals surface area contributed by atoms with Crippen LogP contribution in [0.4, 0.5) is 0 Å². The lowest BCUT2D eigenvalue weighted by Gasteiger charge is -2.65. The second-order valence-corrected chi connectivity index (χ2v) is 14.7. The molecule has 4 N–H and O–H groups in total. The molecule has 3 saturated carbocycles. The first-order chi connectivity index (χ1) is 18.2. The van der Waals surface area contributed by atoms with E-state index >= 15 is 0 Å². The van der Waals surface area contributed by atoms with Crippen molar-refractivity contribution in [2.45, 2.75) is 111 Å². The van der Waals surface area contributed by atoms with E-state index < -0.39 is 62.7 Å². The third-order valence-electron chi connectivity index (χ3n) is 11.7. The number of rotatable bonds is 6. The minimum atomic E-state index is -2.00. The lowest BCUT2D eigenvalue weighted by atomic mass is 9.38. The molecule has 0 aromatic heterocycles. The Balaban J connectivity index is 1.76. The van der Waals surface area contributed by atoms with Gasteiger partial charge in [0.05, 0.1) is 24.2 Å². The van der Waals surface area contributed by atoms with Crippen LogP contribution in [0.15, 0.2) is 23.8 Å². The number of aliphatic hydroxyl groups is 4. The Morgan fingerprint density at radius 1 is 1.10 bits per heavy atom. The van der Waals surface area contributed by atoms with Gasteiger partial charge < -0.3 is 25.2 Å². The largest absolute Gasteiger partial charge is 0.456 e. The number of aliphatic hydroxyl groups excluding tert-OH is 3. The molecule has 224 valence electrons. The fourth-order valence-corrected chi connectivity index (χ4v) is 9.56. The van der Waals surface area contributed by atoms with E-state index in [1.54, 1.807) is 13.8 Å². The molecule has 4 aliphatic carbocycles. The monoisotopic (exact) mass is 560 g/mol. The summed E-state index contributed by atoms with van der Waals surface area (Å²) < 4.78 is 5.23. The number of carbonyl (C=O) groups excluding carboxylic acids is 3. The van der Waals surface area contributed by atoms with Crippen LogP contribution < -0.4 is 0 Å². The minimum absolute atomic E-state index is 0.0150. The smallest absolute Gasteiger partial charge is 0.303 e. The molecule has 0 heterocycles. The van der Waals surface area contributed by atoms with Gasteiger partial charge in [-0.1, -0.05) is 39.3 Å². The SMILES string of the molecule is CC(=O)OC(C)(C)C=CC(=O)C(C)(O)C1[C@H](O)C[C@@]2(C)C3CC=C4C(CC[C@@H](O)C4(C)C)[C@]3(CO)C(=O)C[C@]12C. The van der Waals surface area contributed by atoms with Gasteiger partial charge in [0.1, 0.15) is 17.0 Å². The lowest BCUT2D eigenvalue weighted by molar-refractivity contribution is -0.191. The average molecular weight is 561 g/mol. The second-order valence-electron chi connectivity index (χ2n) is 14.7. The van der Waals surface area contributed by atoms with Crippen molar-refractivity contribution in [1.29, 1.82) is 0 Å². The van der Waals surface area contributed by atoms with Crippen LogP contribution in [-0.2, 0) is 19.1 Å². The Morgan fingerprint density at radius 3 is 2.30 bits per heavy atom. The van der Waals surface area contributed by atoms with Gasteiger partial charge in [0.15, 0.2) is 5.78 Å². The Bertz CT molecular complexity index is 1150. The van der Waals surface area contributed by atoms with Gasteiger partial charge in [-0.25, -0.2) is 0 Å². The quantitative estimate of drug-likeness (QED) is 0.220. The molecule has 0 bridgehead atoms. The van der Waals surface area contributed by atoms with E-state index in [2.05, 4.69) is 6.08 Å². The normalized spacial score (nSPS) is 42.4. The van der Waals surface area contributed by atoms with Crippen molar-refractivity contribution in [2.75, 3.05) is 6.61 Å². The molecule has 0 spiro atoms. The molecule has 9 atom stereocenters. The van der Waals surface area contributed by atoms with Crippen LogP contribution in [0.25, 0.3) is 0 Å². The molecule has 8 heteroatoms. The maximum Gasteiger partial charge on any atom is 0.303 e. The first-order valence-corrected chi connectivity index (χ1v) is 14.6. The highest BCUT2D eigenvalue weighted by Crippen LogP contribution is 2.74. The van der Waals surface area contributed by atoms with Crippen LogP contribution in [0.3, 0.4) is 0 Å². The van der Waals surface area contributed by atoms with Gasteiger partial charge in [-0.3, -0.25) is 14.4 Å². The van der Waals surface area contributed by atoms with E-state index in [4.69, 9.17) is 4.74 Å². The summed E-state index contributed by atoms with van der Waals surface area (Å²) in [6.45, 7) is 13.5. The molecule has 0 saturated heterocycles. The number of Topliss-reactive ketones (excluding diaryl/α,β-unsaturated/α-hetero) is 1. The number of hydrogen-bond acceptors (Lipinski definition) is 8. The maximum atomic E-state index is 14.4. The Kier molecular flexibility index (Phi) is 7.44. The molecule has 3 fully saturated rings. The first-order valence-electron chi connectivity index (χ1n) is 14.6. The van der Waals surface area contributed by atoms with Gasteiger partial charge in [-0.15, -0.1) is 0 Å². The zero-order chi connectivity index (χ0) is 30.3. The van der Waals surface area contributed by atoms with E-state index in [0.29, 0.717) is 19.3 Å². The predicted molar refractivity (Wildman–Crippen MR) is 149 cm³/mol. The number of allylic oxidation sites excluding steroid dienone is 1.